The van der Waals surface area contributed by atoms with Gasteiger partial charge in [0.1, 0.15) is 5.82 Å². The fraction of sp³-hybridized carbons (Fsp3) is 0.600. The van der Waals surface area contributed by atoms with Gasteiger partial charge in [-0.3, -0.25) is 0 Å². The van der Waals surface area contributed by atoms with Gasteiger partial charge in [-0.2, -0.15) is 0 Å². The molecule has 1 aromatic carbocycles. The van der Waals surface area contributed by atoms with E-state index >= 15 is 0 Å². The van der Waals surface area contributed by atoms with Crippen molar-refractivity contribution < 1.29 is 4.39 Å². The first-order valence-corrected chi connectivity index (χ1v) is 6.48. The highest BCUT2D eigenvalue weighted by molar-refractivity contribution is 5.19. The molecule has 0 aromatic heterocycles. The van der Waals surface area contributed by atoms with Crippen molar-refractivity contribution >= 4 is 0 Å². The Morgan fingerprint density at radius 3 is 2.76 bits per heavy atom. The minimum Gasteiger partial charge on any atom is -0.307 e. The van der Waals surface area contributed by atoms with E-state index in [0.717, 1.165) is 5.56 Å². The third-order valence-corrected chi connectivity index (χ3v) is 3.80. The molecule has 1 fully saturated rings. The van der Waals surface area contributed by atoms with E-state index in [4.69, 9.17) is 0 Å². The molecular formula is C15H22FN. The lowest BCUT2D eigenvalue weighted by Gasteiger charge is -2.22. The minimum atomic E-state index is -0.150. The molecule has 2 atom stereocenters. The van der Waals surface area contributed by atoms with Crippen molar-refractivity contribution in [3.05, 3.63) is 35.6 Å². The number of halogens is 1. The first-order valence-electron chi connectivity index (χ1n) is 6.48. The molecule has 0 amide bonds. The monoisotopic (exact) mass is 235 g/mol. The second-order valence-corrected chi connectivity index (χ2v) is 6.05. The molecule has 0 radical (unpaired) electrons. The second-order valence-electron chi connectivity index (χ2n) is 6.05. The SMILES string of the molecule is CC(NC1CCC(C)(C)C1)c1cccc(F)c1. The molecule has 2 rings (SSSR count). The predicted octanol–water partition coefficient (Wildman–Crippen LogP) is 4.06. The third kappa shape index (κ3) is 3.29. The van der Waals surface area contributed by atoms with Crippen LogP contribution >= 0.6 is 0 Å². The van der Waals surface area contributed by atoms with E-state index in [0.29, 0.717) is 11.5 Å². The average Bonchev–Trinajstić information content (AvgIpc) is 2.58. The molecule has 1 aromatic rings. The van der Waals surface area contributed by atoms with Gasteiger partial charge in [-0.05, 0) is 49.3 Å². The zero-order chi connectivity index (χ0) is 12.5. The molecule has 1 aliphatic carbocycles. The molecule has 1 nitrogen and oxygen atoms in total. The molecule has 2 heteroatoms. The third-order valence-electron chi connectivity index (χ3n) is 3.80. The second kappa shape index (κ2) is 4.77. The average molecular weight is 235 g/mol. The van der Waals surface area contributed by atoms with Crippen molar-refractivity contribution in [3.8, 4) is 0 Å². The molecule has 0 saturated heterocycles. The molecular weight excluding hydrogens is 213 g/mol. The van der Waals surface area contributed by atoms with Crippen LogP contribution in [0, 0.1) is 11.2 Å². The van der Waals surface area contributed by atoms with Crippen LogP contribution in [0.1, 0.15) is 51.6 Å². The first kappa shape index (κ1) is 12.6. The van der Waals surface area contributed by atoms with Gasteiger partial charge in [0.25, 0.3) is 0 Å². The highest BCUT2D eigenvalue weighted by Crippen LogP contribution is 2.37. The van der Waals surface area contributed by atoms with E-state index in [1.165, 1.54) is 25.3 Å². The quantitative estimate of drug-likeness (QED) is 0.833. The molecule has 0 heterocycles. The Kier molecular flexibility index (Phi) is 3.53. The van der Waals surface area contributed by atoms with Crippen molar-refractivity contribution in [1.29, 1.82) is 0 Å². The van der Waals surface area contributed by atoms with E-state index in [-0.39, 0.29) is 11.9 Å². The summed E-state index contributed by atoms with van der Waals surface area (Å²) in [7, 11) is 0. The standard InChI is InChI=1S/C15H22FN/c1-11(12-5-4-6-13(16)9-12)17-14-7-8-15(2,3)10-14/h4-6,9,11,14,17H,7-8,10H2,1-3H3. The summed E-state index contributed by atoms with van der Waals surface area (Å²) >= 11 is 0. The van der Waals surface area contributed by atoms with E-state index in [2.05, 4.69) is 26.1 Å². The fourth-order valence-corrected chi connectivity index (χ4v) is 2.80. The number of nitrogens with one attached hydrogen (secondary N) is 1. The zero-order valence-electron chi connectivity index (χ0n) is 11.0. The van der Waals surface area contributed by atoms with Gasteiger partial charge in [-0.15, -0.1) is 0 Å². The van der Waals surface area contributed by atoms with Crippen LogP contribution in [-0.4, -0.2) is 6.04 Å². The summed E-state index contributed by atoms with van der Waals surface area (Å²) in [5.41, 5.74) is 1.49. The number of hydrogen-bond acceptors (Lipinski definition) is 1. The number of rotatable bonds is 3. The van der Waals surface area contributed by atoms with Gasteiger partial charge in [0.15, 0.2) is 0 Å². The predicted molar refractivity (Wildman–Crippen MR) is 69.4 cm³/mol. The molecule has 0 bridgehead atoms. The fourth-order valence-electron chi connectivity index (χ4n) is 2.80. The van der Waals surface area contributed by atoms with Crippen LogP contribution in [0.25, 0.3) is 0 Å². The van der Waals surface area contributed by atoms with Crippen molar-refractivity contribution in [2.45, 2.75) is 52.1 Å². The maximum absolute atomic E-state index is 13.1. The topological polar surface area (TPSA) is 12.0 Å². The molecule has 17 heavy (non-hydrogen) atoms. The molecule has 1 aliphatic rings. The lowest BCUT2D eigenvalue weighted by atomic mass is 9.91. The van der Waals surface area contributed by atoms with Crippen LogP contribution in [0.15, 0.2) is 24.3 Å². The Hall–Kier alpha value is -0.890. The lowest BCUT2D eigenvalue weighted by Crippen LogP contribution is -2.30. The summed E-state index contributed by atoms with van der Waals surface area (Å²) in [6, 6.07) is 7.68. The number of benzene rings is 1. The van der Waals surface area contributed by atoms with Crippen molar-refractivity contribution in [3.63, 3.8) is 0 Å². The van der Waals surface area contributed by atoms with E-state index < -0.39 is 0 Å². The Bertz CT molecular complexity index is 386. The minimum absolute atomic E-state index is 0.150. The van der Waals surface area contributed by atoms with Gasteiger partial charge < -0.3 is 5.32 Å². The van der Waals surface area contributed by atoms with E-state index in [1.807, 2.05) is 6.07 Å². The maximum atomic E-state index is 13.1. The van der Waals surface area contributed by atoms with Crippen LogP contribution in [0.5, 0.6) is 0 Å². The van der Waals surface area contributed by atoms with Crippen LogP contribution in [0.3, 0.4) is 0 Å². The summed E-state index contributed by atoms with van der Waals surface area (Å²) in [5, 5.41) is 3.61. The van der Waals surface area contributed by atoms with Gasteiger partial charge >= 0.3 is 0 Å². The van der Waals surface area contributed by atoms with E-state index in [1.54, 1.807) is 12.1 Å². The molecule has 94 valence electrons. The van der Waals surface area contributed by atoms with Crippen LogP contribution in [0.2, 0.25) is 0 Å². The lowest BCUT2D eigenvalue weighted by molar-refractivity contribution is 0.356. The van der Waals surface area contributed by atoms with Gasteiger partial charge in [0, 0.05) is 12.1 Å². The van der Waals surface area contributed by atoms with Crippen molar-refractivity contribution in [1.82, 2.24) is 5.32 Å². The molecule has 2 unspecified atom stereocenters. The molecule has 0 spiro atoms. The molecule has 1 N–H and O–H groups in total. The zero-order valence-corrected chi connectivity index (χ0v) is 11.0. The largest absolute Gasteiger partial charge is 0.307 e. The number of hydrogen-bond donors (Lipinski definition) is 1. The maximum Gasteiger partial charge on any atom is 0.123 e. The van der Waals surface area contributed by atoms with Gasteiger partial charge in [-0.1, -0.05) is 26.0 Å². The Balaban J connectivity index is 1.96. The van der Waals surface area contributed by atoms with Gasteiger partial charge in [0.05, 0.1) is 0 Å². The van der Waals surface area contributed by atoms with Crippen LogP contribution in [0.4, 0.5) is 4.39 Å². The van der Waals surface area contributed by atoms with Gasteiger partial charge in [0.2, 0.25) is 0 Å². The van der Waals surface area contributed by atoms with Gasteiger partial charge in [-0.25, -0.2) is 4.39 Å². The summed E-state index contributed by atoms with van der Waals surface area (Å²) in [6.45, 7) is 6.75. The Morgan fingerprint density at radius 1 is 1.41 bits per heavy atom. The summed E-state index contributed by atoms with van der Waals surface area (Å²) in [4.78, 5) is 0. The van der Waals surface area contributed by atoms with Crippen LogP contribution < -0.4 is 5.32 Å². The van der Waals surface area contributed by atoms with Crippen LogP contribution in [-0.2, 0) is 0 Å². The highest BCUT2D eigenvalue weighted by atomic mass is 19.1. The molecule has 0 aliphatic heterocycles. The summed E-state index contributed by atoms with van der Waals surface area (Å²) in [5.74, 6) is -0.150. The first-order chi connectivity index (χ1) is 7.96. The Morgan fingerprint density at radius 2 is 2.18 bits per heavy atom. The van der Waals surface area contributed by atoms with Crippen molar-refractivity contribution in [2.24, 2.45) is 5.41 Å². The van der Waals surface area contributed by atoms with Crippen molar-refractivity contribution in [2.75, 3.05) is 0 Å². The summed E-state index contributed by atoms with van der Waals surface area (Å²) in [6.07, 6.45) is 3.72. The summed E-state index contributed by atoms with van der Waals surface area (Å²) < 4.78 is 13.1. The smallest absolute Gasteiger partial charge is 0.123 e. The highest BCUT2D eigenvalue weighted by Gasteiger charge is 2.31. The normalized spacial score (nSPS) is 24.8. The molecule has 1 saturated carbocycles. The Labute approximate surface area is 103 Å². The van der Waals surface area contributed by atoms with E-state index in [9.17, 15) is 4.39 Å².